The van der Waals surface area contributed by atoms with Crippen LogP contribution in [0.25, 0.3) is 0 Å². The van der Waals surface area contributed by atoms with E-state index in [-0.39, 0.29) is 0 Å². The molecule has 0 saturated carbocycles. The quantitative estimate of drug-likeness (QED) is 0.623. The minimum absolute atomic E-state index is 0.762. The van der Waals surface area contributed by atoms with Crippen LogP contribution in [0, 0.1) is 0 Å². The van der Waals surface area contributed by atoms with Crippen molar-refractivity contribution >= 4 is 29.1 Å². The van der Waals surface area contributed by atoms with Gasteiger partial charge >= 0.3 is 0 Å². The number of aryl methyl sites for hydroxylation is 1. The van der Waals surface area contributed by atoms with Gasteiger partial charge in [-0.1, -0.05) is 30.8 Å². The number of aromatic nitrogens is 2. The zero-order valence-electron chi connectivity index (χ0n) is 12.1. The molecule has 0 aliphatic rings. The summed E-state index contributed by atoms with van der Waals surface area (Å²) in [6.07, 6.45) is 3.00. The second-order valence-corrected chi connectivity index (χ2v) is 5.11. The Labute approximate surface area is 124 Å². The summed E-state index contributed by atoms with van der Waals surface area (Å²) in [7, 11) is 0. The molecule has 20 heavy (non-hydrogen) atoms. The molecule has 1 aromatic heterocycles. The van der Waals surface area contributed by atoms with Gasteiger partial charge in [0, 0.05) is 18.3 Å². The van der Waals surface area contributed by atoms with Gasteiger partial charge in [-0.25, -0.2) is 9.97 Å². The highest BCUT2D eigenvalue weighted by molar-refractivity contribution is 7.98. The predicted molar refractivity (Wildman–Crippen MR) is 87.1 cm³/mol. The molecule has 5 heteroatoms. The molecule has 106 valence electrons. The van der Waals surface area contributed by atoms with Gasteiger partial charge in [-0.3, -0.25) is 0 Å². The molecule has 0 aliphatic carbocycles. The number of hydrogen-bond acceptors (Lipinski definition) is 5. The van der Waals surface area contributed by atoms with Crippen LogP contribution in [0.2, 0.25) is 0 Å². The Kier molecular flexibility index (Phi) is 5.24. The fraction of sp³-hybridized carbons (Fsp3) is 0.333. The summed E-state index contributed by atoms with van der Waals surface area (Å²) in [4.78, 5) is 8.90. The minimum atomic E-state index is 0.762. The molecular weight excluding hydrogens is 268 g/mol. The smallest absolute Gasteiger partial charge is 0.191 e. The zero-order valence-corrected chi connectivity index (χ0v) is 12.9. The molecular formula is C15H20N4S. The first-order chi connectivity index (χ1) is 9.75. The molecule has 1 aromatic carbocycles. The number of thioether (sulfide) groups is 1. The van der Waals surface area contributed by atoms with Gasteiger partial charge < -0.3 is 10.6 Å². The van der Waals surface area contributed by atoms with Gasteiger partial charge in [-0.15, -0.1) is 0 Å². The van der Waals surface area contributed by atoms with Crippen LogP contribution in [-0.4, -0.2) is 22.8 Å². The molecule has 0 saturated heterocycles. The van der Waals surface area contributed by atoms with Crippen LogP contribution >= 0.6 is 11.8 Å². The molecule has 0 spiro atoms. The third-order valence-corrected chi connectivity index (χ3v) is 3.40. The fourth-order valence-electron chi connectivity index (χ4n) is 1.87. The van der Waals surface area contributed by atoms with Crippen LogP contribution in [0.5, 0.6) is 0 Å². The summed E-state index contributed by atoms with van der Waals surface area (Å²) in [6.45, 7) is 5.05. The van der Waals surface area contributed by atoms with E-state index in [1.54, 1.807) is 0 Å². The molecule has 0 fully saturated rings. The van der Waals surface area contributed by atoms with Crippen molar-refractivity contribution in [2.45, 2.75) is 25.4 Å². The second kappa shape index (κ2) is 7.14. The molecule has 2 rings (SSSR count). The Morgan fingerprint density at radius 2 is 1.90 bits per heavy atom. The number of nitrogens with one attached hydrogen (secondary N) is 2. The molecule has 0 atom stereocenters. The lowest BCUT2D eigenvalue weighted by Gasteiger charge is -2.10. The Bertz CT molecular complexity index is 572. The summed E-state index contributed by atoms with van der Waals surface area (Å²) in [6, 6.07) is 10.3. The van der Waals surface area contributed by atoms with Crippen molar-refractivity contribution < 1.29 is 0 Å². The van der Waals surface area contributed by atoms with Crippen molar-refractivity contribution in [3.63, 3.8) is 0 Å². The molecule has 0 aliphatic heterocycles. The van der Waals surface area contributed by atoms with Gasteiger partial charge in [0.25, 0.3) is 0 Å². The first kappa shape index (κ1) is 14.7. The van der Waals surface area contributed by atoms with Crippen LogP contribution in [-0.2, 0) is 6.42 Å². The van der Waals surface area contributed by atoms with E-state index in [2.05, 4.69) is 52.6 Å². The summed E-state index contributed by atoms with van der Waals surface area (Å²) in [5, 5.41) is 7.34. The van der Waals surface area contributed by atoms with Crippen LogP contribution < -0.4 is 10.6 Å². The standard InChI is InChI=1S/C15H20N4S/c1-4-11-7-6-8-12(9-11)17-14-10-13(16-5-2)18-15(19-14)20-3/h6-10H,4-5H2,1-3H3,(H2,16,17,18,19). The van der Waals surface area contributed by atoms with Gasteiger partial charge in [0.1, 0.15) is 11.6 Å². The lowest BCUT2D eigenvalue weighted by Crippen LogP contribution is -2.03. The molecule has 1 heterocycles. The van der Waals surface area contributed by atoms with Crippen molar-refractivity contribution in [1.29, 1.82) is 0 Å². The SMILES string of the molecule is CCNc1cc(Nc2cccc(CC)c2)nc(SC)n1. The van der Waals surface area contributed by atoms with Gasteiger partial charge in [0.15, 0.2) is 5.16 Å². The molecule has 4 nitrogen and oxygen atoms in total. The molecule has 0 bridgehead atoms. The Morgan fingerprint density at radius 1 is 1.10 bits per heavy atom. The van der Waals surface area contributed by atoms with Crippen LogP contribution in [0.1, 0.15) is 19.4 Å². The Morgan fingerprint density at radius 3 is 2.60 bits per heavy atom. The molecule has 0 amide bonds. The summed E-state index contributed by atoms with van der Waals surface area (Å²) in [5.41, 5.74) is 2.36. The number of benzene rings is 1. The molecule has 2 N–H and O–H groups in total. The van der Waals surface area contributed by atoms with Crippen molar-refractivity contribution in [3.05, 3.63) is 35.9 Å². The van der Waals surface area contributed by atoms with E-state index in [1.165, 1.54) is 17.3 Å². The van der Waals surface area contributed by atoms with Crippen LogP contribution in [0.4, 0.5) is 17.3 Å². The number of hydrogen-bond donors (Lipinski definition) is 2. The molecule has 0 radical (unpaired) electrons. The van der Waals surface area contributed by atoms with E-state index in [1.807, 2.05) is 18.4 Å². The highest BCUT2D eigenvalue weighted by atomic mass is 32.2. The molecule has 2 aromatic rings. The van der Waals surface area contributed by atoms with Crippen LogP contribution in [0.3, 0.4) is 0 Å². The maximum Gasteiger partial charge on any atom is 0.191 e. The van der Waals surface area contributed by atoms with Gasteiger partial charge in [-0.05, 0) is 37.3 Å². The van der Waals surface area contributed by atoms with Gasteiger partial charge in [-0.2, -0.15) is 0 Å². The first-order valence-corrected chi connectivity index (χ1v) is 8.00. The Hall–Kier alpha value is -1.75. The van der Waals surface area contributed by atoms with Crippen molar-refractivity contribution in [2.75, 3.05) is 23.4 Å². The zero-order chi connectivity index (χ0) is 14.4. The first-order valence-electron chi connectivity index (χ1n) is 6.78. The maximum absolute atomic E-state index is 4.49. The number of rotatable bonds is 6. The fourth-order valence-corrected chi connectivity index (χ4v) is 2.25. The number of nitrogens with zero attached hydrogens (tertiary/aromatic N) is 2. The maximum atomic E-state index is 4.49. The monoisotopic (exact) mass is 288 g/mol. The largest absolute Gasteiger partial charge is 0.370 e. The number of anilines is 3. The van der Waals surface area contributed by atoms with Crippen LogP contribution in [0.15, 0.2) is 35.5 Å². The highest BCUT2D eigenvalue weighted by Crippen LogP contribution is 2.21. The third kappa shape index (κ3) is 3.87. The van der Waals surface area contributed by atoms with E-state index in [0.717, 1.165) is 35.4 Å². The van der Waals surface area contributed by atoms with Crippen molar-refractivity contribution in [3.8, 4) is 0 Å². The summed E-state index contributed by atoms with van der Waals surface area (Å²) >= 11 is 1.54. The van der Waals surface area contributed by atoms with E-state index in [9.17, 15) is 0 Å². The second-order valence-electron chi connectivity index (χ2n) is 4.33. The highest BCUT2D eigenvalue weighted by Gasteiger charge is 2.04. The summed E-state index contributed by atoms with van der Waals surface area (Å²) in [5.74, 6) is 1.66. The van der Waals surface area contributed by atoms with E-state index >= 15 is 0 Å². The topological polar surface area (TPSA) is 49.8 Å². The average Bonchev–Trinajstić information content (AvgIpc) is 2.47. The molecule has 0 unspecified atom stereocenters. The van der Waals surface area contributed by atoms with E-state index in [4.69, 9.17) is 0 Å². The normalized spacial score (nSPS) is 10.3. The van der Waals surface area contributed by atoms with E-state index in [0.29, 0.717) is 0 Å². The minimum Gasteiger partial charge on any atom is -0.370 e. The predicted octanol–water partition coefficient (Wildman–Crippen LogP) is 3.94. The Balaban J connectivity index is 2.24. The van der Waals surface area contributed by atoms with Crippen molar-refractivity contribution in [2.24, 2.45) is 0 Å². The van der Waals surface area contributed by atoms with Gasteiger partial charge in [0.2, 0.25) is 0 Å². The van der Waals surface area contributed by atoms with Crippen molar-refractivity contribution in [1.82, 2.24) is 9.97 Å². The summed E-state index contributed by atoms with van der Waals surface area (Å²) < 4.78 is 0. The lowest BCUT2D eigenvalue weighted by atomic mass is 10.1. The lowest BCUT2D eigenvalue weighted by molar-refractivity contribution is 0.967. The average molecular weight is 288 g/mol. The van der Waals surface area contributed by atoms with Gasteiger partial charge in [0.05, 0.1) is 0 Å². The van der Waals surface area contributed by atoms with E-state index < -0.39 is 0 Å². The third-order valence-electron chi connectivity index (χ3n) is 2.85.